The van der Waals surface area contributed by atoms with Gasteiger partial charge in [0.25, 0.3) is 0 Å². The maximum atomic E-state index is 13.4. The van der Waals surface area contributed by atoms with E-state index in [4.69, 9.17) is 27.9 Å². The van der Waals surface area contributed by atoms with Crippen molar-refractivity contribution in [2.75, 3.05) is 6.54 Å². The second-order valence-corrected chi connectivity index (χ2v) is 11.2. The molecule has 1 N–H and O–H groups in total. The highest BCUT2D eigenvalue weighted by Gasteiger charge is 2.45. The Balaban J connectivity index is 1.68. The van der Waals surface area contributed by atoms with Crippen molar-refractivity contribution in [3.05, 3.63) is 84.6 Å². The molecule has 0 fully saturated rings. The normalized spacial score (nSPS) is 18.2. The Morgan fingerprint density at radius 1 is 0.973 bits per heavy atom. The topological polar surface area (TPSA) is 83.9 Å². The van der Waals surface area contributed by atoms with Crippen molar-refractivity contribution in [2.24, 2.45) is 0 Å². The number of Topliss-reactive ketones (excluding diaryl/α,β-unsaturated/α-hetero) is 2. The van der Waals surface area contributed by atoms with E-state index in [2.05, 4.69) is 15.9 Å². The van der Waals surface area contributed by atoms with Crippen LogP contribution >= 0.6 is 39.1 Å². The van der Waals surface area contributed by atoms with Gasteiger partial charge in [0, 0.05) is 56.4 Å². The van der Waals surface area contributed by atoms with Gasteiger partial charge in [0.1, 0.15) is 18.9 Å². The minimum atomic E-state index is -1.02. The fourth-order valence-electron chi connectivity index (χ4n) is 5.54. The summed E-state index contributed by atoms with van der Waals surface area (Å²) < 4.78 is 7.19. The number of carbonyl (C=O) groups excluding carboxylic acids is 2. The third kappa shape index (κ3) is 5.09. The van der Waals surface area contributed by atoms with Crippen LogP contribution in [0.5, 0.6) is 5.75 Å². The summed E-state index contributed by atoms with van der Waals surface area (Å²) in [6.07, 6.45) is 3.02. The summed E-state index contributed by atoms with van der Waals surface area (Å²) in [5.74, 6) is -1.56. The molecule has 1 aliphatic heterocycles. The predicted molar refractivity (Wildman–Crippen MR) is 144 cm³/mol. The summed E-state index contributed by atoms with van der Waals surface area (Å²) in [6.45, 7) is -0.0760. The first-order valence-corrected chi connectivity index (χ1v) is 13.7. The van der Waals surface area contributed by atoms with Gasteiger partial charge in [0.15, 0.2) is 11.6 Å². The lowest BCUT2D eigenvalue weighted by molar-refractivity contribution is -0.138. The minimum Gasteiger partial charge on any atom is -0.487 e. The summed E-state index contributed by atoms with van der Waals surface area (Å²) in [5, 5.41) is 10.3. The van der Waals surface area contributed by atoms with Crippen molar-refractivity contribution in [3.63, 3.8) is 0 Å². The summed E-state index contributed by atoms with van der Waals surface area (Å²) in [5.41, 5.74) is 3.72. The van der Waals surface area contributed by atoms with Crippen molar-refractivity contribution >= 4 is 56.7 Å². The maximum Gasteiger partial charge on any atom is 0.323 e. The van der Waals surface area contributed by atoms with E-state index in [1.165, 1.54) is 0 Å². The third-order valence-electron chi connectivity index (χ3n) is 7.02. The van der Waals surface area contributed by atoms with Crippen molar-refractivity contribution in [1.29, 1.82) is 0 Å². The highest BCUT2D eigenvalue weighted by Crippen LogP contribution is 2.52. The fourth-order valence-corrected chi connectivity index (χ4v) is 6.36. The molecule has 0 radical (unpaired) electrons. The number of ether oxygens (including phenoxy) is 1. The molecular formula is C28H24BrCl2NO5. The van der Waals surface area contributed by atoms with Gasteiger partial charge in [-0.2, -0.15) is 0 Å². The Morgan fingerprint density at radius 2 is 1.57 bits per heavy atom. The van der Waals surface area contributed by atoms with Gasteiger partial charge in [-0.1, -0.05) is 51.3 Å². The van der Waals surface area contributed by atoms with E-state index in [0.29, 0.717) is 77.4 Å². The molecule has 6 nitrogen and oxygen atoms in total. The maximum absolute atomic E-state index is 13.4. The Hall–Kier alpha value is -2.61. The number of nitrogens with zero attached hydrogens (tertiary/aromatic N) is 1. The van der Waals surface area contributed by atoms with Crippen LogP contribution in [0.25, 0.3) is 0 Å². The number of aliphatic carboxylic acids is 1. The molecule has 0 unspecified atom stereocenters. The predicted octanol–water partition coefficient (Wildman–Crippen LogP) is 6.83. The number of halogens is 3. The van der Waals surface area contributed by atoms with Gasteiger partial charge < -0.3 is 14.7 Å². The molecule has 3 aliphatic rings. The van der Waals surface area contributed by atoms with E-state index < -0.39 is 11.9 Å². The minimum absolute atomic E-state index is 0.0958. The van der Waals surface area contributed by atoms with Gasteiger partial charge in [0.05, 0.1) is 5.02 Å². The number of rotatable bonds is 6. The lowest BCUT2D eigenvalue weighted by Crippen LogP contribution is -2.41. The van der Waals surface area contributed by atoms with Gasteiger partial charge >= 0.3 is 5.97 Å². The Kier molecular flexibility index (Phi) is 7.48. The van der Waals surface area contributed by atoms with Gasteiger partial charge in [0.2, 0.25) is 0 Å². The molecule has 0 amide bonds. The van der Waals surface area contributed by atoms with Crippen LogP contribution in [-0.2, 0) is 21.0 Å². The van der Waals surface area contributed by atoms with Crippen LogP contribution in [-0.4, -0.2) is 34.1 Å². The molecule has 0 saturated carbocycles. The lowest BCUT2D eigenvalue weighted by Gasteiger charge is -2.43. The largest absolute Gasteiger partial charge is 0.487 e. The molecule has 9 heteroatoms. The van der Waals surface area contributed by atoms with Crippen molar-refractivity contribution in [1.82, 2.24) is 4.90 Å². The Bertz CT molecular complexity index is 1320. The first-order chi connectivity index (χ1) is 17.7. The molecule has 0 atom stereocenters. The van der Waals surface area contributed by atoms with E-state index in [0.717, 1.165) is 10.0 Å². The molecule has 2 aromatic carbocycles. The first kappa shape index (κ1) is 26.0. The number of carbonyl (C=O) groups is 3. The highest BCUT2D eigenvalue weighted by atomic mass is 79.9. The van der Waals surface area contributed by atoms with Crippen molar-refractivity contribution < 1.29 is 24.2 Å². The number of hydrogen-bond donors (Lipinski definition) is 1. The van der Waals surface area contributed by atoms with Crippen LogP contribution < -0.4 is 4.74 Å². The standard InChI is InChI=1S/C28H24BrCl2NO5/c29-16-9-7-15(8-10-16)14-37-28-18(11-17(30)12-19(28)31)25-26-20(3-1-5-22(26)33)32(13-24(35)36)21-4-2-6-23(34)27(21)25/h7-12,25H,1-6,13-14H2,(H,35,36). The summed E-state index contributed by atoms with van der Waals surface area (Å²) in [4.78, 5) is 40.4. The van der Waals surface area contributed by atoms with Crippen LogP contribution in [0.2, 0.25) is 10.0 Å². The SMILES string of the molecule is O=C(O)CN1C2=C(C(=O)CCC2)C(c2cc(Cl)cc(Cl)c2OCc2ccc(Br)cc2)C2=C1CCCC2=O. The van der Waals surface area contributed by atoms with Gasteiger partial charge in [-0.25, -0.2) is 0 Å². The van der Waals surface area contributed by atoms with E-state index in [-0.39, 0.29) is 29.7 Å². The number of allylic oxidation sites excluding steroid dienone is 4. The first-order valence-electron chi connectivity index (χ1n) is 12.1. The van der Waals surface area contributed by atoms with Gasteiger partial charge in [-0.3, -0.25) is 14.4 Å². The second-order valence-electron chi connectivity index (χ2n) is 9.41. The van der Waals surface area contributed by atoms with Crippen molar-refractivity contribution in [3.8, 4) is 5.75 Å². The molecule has 0 aromatic heterocycles. The zero-order valence-corrected chi connectivity index (χ0v) is 23.0. The van der Waals surface area contributed by atoms with E-state index in [1.807, 2.05) is 24.3 Å². The highest BCUT2D eigenvalue weighted by molar-refractivity contribution is 9.10. The molecule has 5 rings (SSSR count). The quantitative estimate of drug-likeness (QED) is 0.389. The third-order valence-corrected chi connectivity index (χ3v) is 8.05. The van der Waals surface area contributed by atoms with E-state index in [9.17, 15) is 19.5 Å². The van der Waals surface area contributed by atoms with Gasteiger partial charge in [-0.15, -0.1) is 0 Å². The Labute approximate surface area is 233 Å². The zero-order chi connectivity index (χ0) is 26.3. The number of carboxylic acid groups (broad SMARTS) is 1. The van der Waals surface area contributed by atoms with E-state index in [1.54, 1.807) is 17.0 Å². The molecule has 2 aromatic rings. The average Bonchev–Trinajstić information content (AvgIpc) is 2.85. The second kappa shape index (κ2) is 10.6. The number of benzene rings is 2. The van der Waals surface area contributed by atoms with Crippen molar-refractivity contribution in [2.45, 2.75) is 51.0 Å². The Morgan fingerprint density at radius 3 is 2.14 bits per heavy atom. The number of carboxylic acids is 1. The van der Waals surface area contributed by atoms with E-state index >= 15 is 0 Å². The van der Waals surface area contributed by atoms with Crippen LogP contribution in [0.1, 0.15) is 55.6 Å². The molecule has 2 aliphatic carbocycles. The fraction of sp³-hybridized carbons (Fsp3) is 0.321. The zero-order valence-electron chi connectivity index (χ0n) is 19.9. The van der Waals surface area contributed by atoms with Crippen LogP contribution in [0.15, 0.2) is 63.4 Å². The van der Waals surface area contributed by atoms with Crippen LogP contribution in [0.4, 0.5) is 0 Å². The summed E-state index contributed by atoms with van der Waals surface area (Å²) >= 11 is 16.5. The van der Waals surface area contributed by atoms with Crippen LogP contribution in [0, 0.1) is 0 Å². The molecule has 37 heavy (non-hydrogen) atoms. The lowest BCUT2D eigenvalue weighted by atomic mass is 9.70. The van der Waals surface area contributed by atoms with Crippen LogP contribution in [0.3, 0.4) is 0 Å². The average molecular weight is 605 g/mol. The monoisotopic (exact) mass is 603 g/mol. The molecular weight excluding hydrogens is 581 g/mol. The molecule has 0 spiro atoms. The molecule has 0 bridgehead atoms. The van der Waals surface area contributed by atoms with Gasteiger partial charge in [-0.05, 0) is 55.5 Å². The molecule has 0 saturated heterocycles. The summed E-state index contributed by atoms with van der Waals surface area (Å²) in [7, 11) is 0. The smallest absolute Gasteiger partial charge is 0.323 e. The molecule has 1 heterocycles. The summed E-state index contributed by atoms with van der Waals surface area (Å²) in [6, 6.07) is 11.0. The number of hydrogen-bond acceptors (Lipinski definition) is 5. The molecule has 192 valence electrons. The number of ketones is 2.